The molecule has 0 aliphatic rings. The van der Waals surface area contributed by atoms with Crippen LogP contribution in [0.2, 0.25) is 5.02 Å². The number of methoxy groups -OCH3 is 1. The Hall–Kier alpha value is -2.59. The molecule has 0 fully saturated rings. The Kier molecular flexibility index (Phi) is 6.78. The minimum Gasteiger partial charge on any atom is -0.468 e. The maximum atomic E-state index is 12.5. The summed E-state index contributed by atoms with van der Waals surface area (Å²) in [6, 6.07) is 15.1. The lowest BCUT2D eigenvalue weighted by Crippen LogP contribution is -2.34. The third-order valence-electron chi connectivity index (χ3n) is 3.69. The summed E-state index contributed by atoms with van der Waals surface area (Å²) in [5.74, 6) is -0.734. The second-order valence-electron chi connectivity index (χ2n) is 5.60. The summed E-state index contributed by atoms with van der Waals surface area (Å²) >= 11 is 6.10. The molecule has 0 aliphatic heterocycles. The van der Waals surface area contributed by atoms with E-state index in [2.05, 4.69) is 4.74 Å². The van der Waals surface area contributed by atoms with Crippen LogP contribution >= 0.6 is 11.6 Å². The highest BCUT2D eigenvalue weighted by molar-refractivity contribution is 6.31. The Balaban J connectivity index is 2.14. The summed E-state index contributed by atoms with van der Waals surface area (Å²) < 4.78 is 4.69. The first-order valence-corrected chi connectivity index (χ1v) is 8.21. The average molecular weight is 358 g/mol. The predicted molar refractivity (Wildman–Crippen MR) is 99.1 cm³/mol. The second kappa shape index (κ2) is 9.04. The smallest absolute Gasteiger partial charge is 0.325 e. The third kappa shape index (κ3) is 5.76. The second-order valence-corrected chi connectivity index (χ2v) is 6.01. The number of ether oxygens (including phenoxy) is 1. The SMILES string of the molecule is COC(=O)CN(Cc1ccccc1)C(=O)/C=C/c1ccc(C)c(Cl)c1. The Morgan fingerprint density at radius 3 is 2.52 bits per heavy atom. The molecule has 0 heterocycles. The number of aryl methyl sites for hydroxylation is 1. The molecule has 0 aromatic heterocycles. The summed E-state index contributed by atoms with van der Waals surface area (Å²) in [6.45, 7) is 2.13. The van der Waals surface area contributed by atoms with Gasteiger partial charge in [-0.15, -0.1) is 0 Å². The molecule has 0 unspecified atom stereocenters. The van der Waals surface area contributed by atoms with Gasteiger partial charge in [0.25, 0.3) is 0 Å². The van der Waals surface area contributed by atoms with Crippen molar-refractivity contribution in [1.29, 1.82) is 0 Å². The zero-order valence-electron chi connectivity index (χ0n) is 14.2. The predicted octanol–water partition coefficient (Wildman–Crippen LogP) is 3.86. The van der Waals surface area contributed by atoms with E-state index < -0.39 is 5.97 Å². The summed E-state index contributed by atoms with van der Waals surface area (Å²) in [5.41, 5.74) is 2.73. The Bertz CT molecular complexity index is 772. The molecule has 0 saturated carbocycles. The van der Waals surface area contributed by atoms with Crippen LogP contribution in [0.5, 0.6) is 0 Å². The van der Waals surface area contributed by atoms with E-state index >= 15 is 0 Å². The maximum Gasteiger partial charge on any atom is 0.325 e. The largest absolute Gasteiger partial charge is 0.468 e. The number of hydrogen-bond donors (Lipinski definition) is 0. The van der Waals surface area contributed by atoms with Crippen LogP contribution in [0, 0.1) is 6.92 Å². The normalized spacial score (nSPS) is 10.7. The molecule has 25 heavy (non-hydrogen) atoms. The van der Waals surface area contributed by atoms with Gasteiger partial charge in [-0.1, -0.05) is 54.1 Å². The number of carbonyl (C=O) groups is 2. The van der Waals surface area contributed by atoms with Gasteiger partial charge in [-0.2, -0.15) is 0 Å². The van der Waals surface area contributed by atoms with Gasteiger partial charge in [-0.05, 0) is 35.8 Å². The van der Waals surface area contributed by atoms with E-state index in [1.54, 1.807) is 12.1 Å². The van der Waals surface area contributed by atoms with Crippen molar-refractivity contribution >= 4 is 29.6 Å². The Labute approximate surface area is 152 Å². The number of benzene rings is 2. The molecule has 0 saturated heterocycles. The Morgan fingerprint density at radius 1 is 1.16 bits per heavy atom. The molecule has 0 bridgehead atoms. The number of esters is 1. The molecule has 0 aliphatic carbocycles. The minimum absolute atomic E-state index is 0.108. The highest BCUT2D eigenvalue weighted by Gasteiger charge is 2.16. The number of amides is 1. The standard InChI is InChI=1S/C20H20ClNO3/c1-15-8-9-16(12-18(15)21)10-11-19(23)22(14-20(24)25-2)13-17-6-4-3-5-7-17/h3-12H,13-14H2,1-2H3/b11-10+. The fraction of sp³-hybridized carbons (Fsp3) is 0.200. The van der Waals surface area contributed by atoms with Crippen LogP contribution in [0.25, 0.3) is 6.08 Å². The molecule has 1 amide bonds. The summed E-state index contributed by atoms with van der Waals surface area (Å²) in [7, 11) is 1.30. The zero-order valence-corrected chi connectivity index (χ0v) is 15.0. The van der Waals surface area contributed by atoms with E-state index in [4.69, 9.17) is 11.6 Å². The van der Waals surface area contributed by atoms with Gasteiger partial charge >= 0.3 is 5.97 Å². The number of rotatable bonds is 6. The maximum absolute atomic E-state index is 12.5. The molecule has 0 atom stereocenters. The number of hydrogen-bond acceptors (Lipinski definition) is 3. The van der Waals surface area contributed by atoms with Gasteiger partial charge in [0.05, 0.1) is 7.11 Å². The molecule has 2 aromatic carbocycles. The van der Waals surface area contributed by atoms with E-state index in [9.17, 15) is 9.59 Å². The quantitative estimate of drug-likeness (QED) is 0.582. The molecule has 5 heteroatoms. The van der Waals surface area contributed by atoms with Gasteiger partial charge in [0.2, 0.25) is 5.91 Å². The molecule has 4 nitrogen and oxygen atoms in total. The summed E-state index contributed by atoms with van der Waals surface area (Å²) in [6.07, 6.45) is 3.12. The molecule has 2 aromatic rings. The van der Waals surface area contributed by atoms with Gasteiger partial charge in [-0.3, -0.25) is 9.59 Å². The topological polar surface area (TPSA) is 46.6 Å². The zero-order chi connectivity index (χ0) is 18.2. The minimum atomic E-state index is -0.462. The van der Waals surface area contributed by atoms with Gasteiger partial charge < -0.3 is 9.64 Å². The van der Waals surface area contributed by atoms with Gasteiger partial charge in [0.15, 0.2) is 0 Å². The average Bonchev–Trinajstić information content (AvgIpc) is 2.62. The van der Waals surface area contributed by atoms with E-state index in [0.29, 0.717) is 11.6 Å². The molecule has 0 N–H and O–H groups in total. The lowest BCUT2D eigenvalue weighted by Gasteiger charge is -2.20. The highest BCUT2D eigenvalue weighted by atomic mass is 35.5. The van der Waals surface area contributed by atoms with Crippen LogP contribution < -0.4 is 0 Å². The van der Waals surface area contributed by atoms with E-state index in [0.717, 1.165) is 16.7 Å². The first kappa shape index (κ1) is 18.7. The molecule has 0 spiro atoms. The van der Waals surface area contributed by atoms with Crippen LogP contribution in [0.4, 0.5) is 0 Å². The van der Waals surface area contributed by atoms with Crippen LogP contribution in [-0.2, 0) is 20.9 Å². The molecular formula is C20H20ClNO3. The number of nitrogens with zero attached hydrogens (tertiary/aromatic N) is 1. The fourth-order valence-corrected chi connectivity index (χ4v) is 2.41. The highest BCUT2D eigenvalue weighted by Crippen LogP contribution is 2.17. The van der Waals surface area contributed by atoms with Crippen molar-refractivity contribution in [1.82, 2.24) is 4.90 Å². The summed E-state index contributed by atoms with van der Waals surface area (Å²) in [4.78, 5) is 25.6. The number of carbonyl (C=O) groups excluding carboxylic acids is 2. The van der Waals surface area contributed by atoms with Gasteiger partial charge in [-0.25, -0.2) is 0 Å². The van der Waals surface area contributed by atoms with Crippen molar-refractivity contribution in [3.05, 3.63) is 76.3 Å². The first-order chi connectivity index (χ1) is 12.0. The fourth-order valence-electron chi connectivity index (χ4n) is 2.22. The molecule has 2 rings (SSSR count). The van der Waals surface area contributed by atoms with Crippen LogP contribution in [0.1, 0.15) is 16.7 Å². The van der Waals surface area contributed by atoms with Crippen molar-refractivity contribution < 1.29 is 14.3 Å². The molecular weight excluding hydrogens is 338 g/mol. The third-order valence-corrected chi connectivity index (χ3v) is 4.10. The molecule has 0 radical (unpaired) electrons. The first-order valence-electron chi connectivity index (χ1n) is 7.83. The van der Waals surface area contributed by atoms with Crippen molar-refractivity contribution in [3.63, 3.8) is 0 Å². The molecule has 130 valence electrons. The van der Waals surface area contributed by atoms with E-state index in [1.165, 1.54) is 18.1 Å². The van der Waals surface area contributed by atoms with Crippen molar-refractivity contribution in [2.45, 2.75) is 13.5 Å². The van der Waals surface area contributed by atoms with E-state index in [-0.39, 0.29) is 12.5 Å². The van der Waals surface area contributed by atoms with Crippen LogP contribution in [0.3, 0.4) is 0 Å². The van der Waals surface area contributed by atoms with Crippen molar-refractivity contribution in [3.8, 4) is 0 Å². The summed E-state index contributed by atoms with van der Waals surface area (Å²) in [5, 5.41) is 0.644. The van der Waals surface area contributed by atoms with Crippen molar-refractivity contribution in [2.75, 3.05) is 13.7 Å². The van der Waals surface area contributed by atoms with Crippen LogP contribution in [0.15, 0.2) is 54.6 Å². The van der Waals surface area contributed by atoms with Crippen LogP contribution in [-0.4, -0.2) is 30.4 Å². The van der Waals surface area contributed by atoms with Crippen molar-refractivity contribution in [2.24, 2.45) is 0 Å². The van der Waals surface area contributed by atoms with Gasteiger partial charge in [0.1, 0.15) is 6.54 Å². The monoisotopic (exact) mass is 357 g/mol. The number of halogens is 1. The van der Waals surface area contributed by atoms with E-state index in [1.807, 2.05) is 49.4 Å². The van der Waals surface area contributed by atoms with Gasteiger partial charge in [0, 0.05) is 17.6 Å². The lowest BCUT2D eigenvalue weighted by molar-refractivity contribution is -0.145. The lowest BCUT2D eigenvalue weighted by atomic mass is 10.1. The Morgan fingerprint density at radius 2 is 1.88 bits per heavy atom.